The Morgan fingerprint density at radius 1 is 1.25 bits per heavy atom. The summed E-state index contributed by atoms with van der Waals surface area (Å²) in [5.74, 6) is 0. The lowest BCUT2D eigenvalue weighted by atomic mass is 10.3. The van der Waals surface area contributed by atoms with Gasteiger partial charge in [0, 0.05) is 0 Å². The lowest BCUT2D eigenvalue weighted by Crippen LogP contribution is -2.02. The summed E-state index contributed by atoms with van der Waals surface area (Å²) in [4.78, 5) is 0. The Bertz CT molecular complexity index is 53.5. The van der Waals surface area contributed by atoms with E-state index in [-0.39, 0.29) is 0 Å². The predicted molar refractivity (Wildman–Crippen MR) is 34.4 cm³/mol. The molecule has 0 aromatic carbocycles. The van der Waals surface area contributed by atoms with Crippen LogP contribution >= 0.6 is 22.6 Å². The molecule has 0 saturated carbocycles. The zero-order valence-corrected chi connectivity index (χ0v) is 5.91. The molecule has 0 bridgehead atoms. The van der Waals surface area contributed by atoms with Crippen molar-refractivity contribution in [2.75, 3.05) is 0 Å². The molecule has 0 aliphatic rings. The van der Waals surface area contributed by atoms with E-state index >= 15 is 0 Å². The molecule has 0 N–H and O–H groups in total. The molecular weight excluding hydrogens is 238 g/mol. The smallest absolute Gasteiger partial charge is 0.418 e. The number of halogens is 5. The zero-order valence-electron chi connectivity index (χ0n) is 3.75. The van der Waals surface area contributed by atoms with Gasteiger partial charge < -0.3 is 17.3 Å². The van der Waals surface area contributed by atoms with Crippen LogP contribution < -0.4 is 0 Å². The second-order valence-corrected chi connectivity index (χ2v) is 1.53. The molecule has 0 saturated heterocycles. The van der Waals surface area contributed by atoms with Crippen molar-refractivity contribution >= 4 is 29.8 Å². The summed E-state index contributed by atoms with van der Waals surface area (Å²) in [5.41, 5.74) is 0. The summed E-state index contributed by atoms with van der Waals surface area (Å²) in [5, 5.41) is 0. The molecular formula is C2H3BF4I-. The highest BCUT2D eigenvalue weighted by Crippen LogP contribution is 2.06. The summed E-state index contributed by atoms with van der Waals surface area (Å²) in [7, 11) is -6.00. The maximum atomic E-state index is 9.75. The molecule has 6 heteroatoms. The Balaban J connectivity index is 0. The van der Waals surface area contributed by atoms with E-state index in [1.165, 1.54) is 0 Å². The number of hydrogen-bond acceptors (Lipinski definition) is 0. The number of rotatable bonds is 0. The minimum Gasteiger partial charge on any atom is -0.418 e. The minimum atomic E-state index is -6.00. The van der Waals surface area contributed by atoms with Gasteiger partial charge in [0.05, 0.1) is 0 Å². The first kappa shape index (κ1) is 11.1. The van der Waals surface area contributed by atoms with Crippen molar-refractivity contribution in [1.29, 1.82) is 0 Å². The molecule has 0 spiro atoms. The summed E-state index contributed by atoms with van der Waals surface area (Å²) < 4.78 is 40.7. The first-order valence-corrected chi connectivity index (χ1v) is 2.74. The van der Waals surface area contributed by atoms with Crippen molar-refractivity contribution in [3.63, 3.8) is 0 Å². The Morgan fingerprint density at radius 3 is 1.25 bits per heavy atom. The molecule has 0 nitrogen and oxygen atoms in total. The predicted octanol–water partition coefficient (Wildman–Crippen LogP) is 2.86. The summed E-state index contributed by atoms with van der Waals surface area (Å²) in [6, 6.07) is 0. The molecule has 0 aromatic heterocycles. The van der Waals surface area contributed by atoms with Crippen LogP contribution in [0, 0.1) is 0 Å². The highest BCUT2D eigenvalue weighted by atomic mass is 127. The van der Waals surface area contributed by atoms with Crippen LogP contribution in [-0.4, -0.2) is 7.25 Å². The molecule has 0 heterocycles. The average Bonchev–Trinajstić information content (AvgIpc) is 1.27. The SMILES string of the molecule is C=CI.F[B-](F)(F)F. The van der Waals surface area contributed by atoms with Gasteiger partial charge in [0.2, 0.25) is 0 Å². The second-order valence-electron chi connectivity index (χ2n) is 0.649. The topological polar surface area (TPSA) is 0 Å². The normalized spacial score (nSPS) is 9.12. The van der Waals surface area contributed by atoms with Crippen LogP contribution in [0.15, 0.2) is 10.7 Å². The Morgan fingerprint density at radius 2 is 1.25 bits per heavy atom. The minimum absolute atomic E-state index is 1.72. The summed E-state index contributed by atoms with van der Waals surface area (Å²) in [6.07, 6.45) is 0. The fourth-order valence-electron chi connectivity index (χ4n) is 0. The van der Waals surface area contributed by atoms with Crippen molar-refractivity contribution in [2.45, 2.75) is 0 Å². The van der Waals surface area contributed by atoms with Crippen LogP contribution in [0.3, 0.4) is 0 Å². The van der Waals surface area contributed by atoms with Gasteiger partial charge in [-0.05, 0) is 4.08 Å². The van der Waals surface area contributed by atoms with Crippen LogP contribution in [0.2, 0.25) is 0 Å². The van der Waals surface area contributed by atoms with Crippen molar-refractivity contribution < 1.29 is 17.3 Å². The Labute approximate surface area is 58.2 Å². The van der Waals surface area contributed by atoms with E-state index in [2.05, 4.69) is 29.2 Å². The van der Waals surface area contributed by atoms with Crippen molar-refractivity contribution in [1.82, 2.24) is 0 Å². The van der Waals surface area contributed by atoms with Gasteiger partial charge in [-0.1, -0.05) is 29.2 Å². The van der Waals surface area contributed by atoms with Gasteiger partial charge >= 0.3 is 7.25 Å². The lowest BCUT2D eigenvalue weighted by molar-refractivity contribution is 0.368. The van der Waals surface area contributed by atoms with Crippen molar-refractivity contribution in [2.24, 2.45) is 0 Å². The quantitative estimate of drug-likeness (QED) is 0.347. The van der Waals surface area contributed by atoms with Gasteiger partial charge in [0.15, 0.2) is 0 Å². The fourth-order valence-corrected chi connectivity index (χ4v) is 0. The molecule has 0 fully saturated rings. The summed E-state index contributed by atoms with van der Waals surface area (Å²) >= 11 is 2.05. The van der Waals surface area contributed by atoms with Crippen molar-refractivity contribution in [3.05, 3.63) is 10.7 Å². The average molecular weight is 241 g/mol. The largest absolute Gasteiger partial charge is 0.673 e. The van der Waals surface area contributed by atoms with E-state index in [0.29, 0.717) is 0 Å². The third-order valence-electron chi connectivity index (χ3n) is 0. The second kappa shape index (κ2) is 5.39. The van der Waals surface area contributed by atoms with Gasteiger partial charge in [0.1, 0.15) is 0 Å². The van der Waals surface area contributed by atoms with Gasteiger partial charge in [-0.2, -0.15) is 0 Å². The maximum absolute atomic E-state index is 9.75. The van der Waals surface area contributed by atoms with E-state index < -0.39 is 7.25 Å². The fraction of sp³-hybridized carbons (Fsp3) is 0. The lowest BCUT2D eigenvalue weighted by Gasteiger charge is -1.94. The Kier molecular flexibility index (Phi) is 7.49. The van der Waals surface area contributed by atoms with E-state index in [0.717, 1.165) is 0 Å². The first-order valence-electron chi connectivity index (χ1n) is 1.50. The molecule has 0 aromatic rings. The Hall–Kier alpha value is 0.255. The molecule has 0 rings (SSSR count). The molecule has 8 heavy (non-hydrogen) atoms. The summed E-state index contributed by atoms with van der Waals surface area (Å²) in [6.45, 7) is 3.35. The van der Waals surface area contributed by atoms with Crippen LogP contribution in [0.25, 0.3) is 0 Å². The van der Waals surface area contributed by atoms with Crippen molar-refractivity contribution in [3.8, 4) is 0 Å². The molecule has 50 valence electrons. The monoisotopic (exact) mass is 241 g/mol. The number of hydrogen-bond donors (Lipinski definition) is 0. The van der Waals surface area contributed by atoms with Crippen LogP contribution in [0.4, 0.5) is 17.3 Å². The third kappa shape index (κ3) is 2660. The molecule has 0 radical (unpaired) electrons. The highest BCUT2D eigenvalue weighted by Gasteiger charge is 2.20. The first-order chi connectivity index (χ1) is 3.41. The standard InChI is InChI=1S/C2H3I.BF4/c1-2-3;2-1(3,4)5/h2H,1H2;/q;-1. The third-order valence-corrected chi connectivity index (χ3v) is 0. The van der Waals surface area contributed by atoms with E-state index in [1.807, 2.05) is 0 Å². The maximum Gasteiger partial charge on any atom is 0.673 e. The molecule has 0 amide bonds. The molecule has 0 aliphatic carbocycles. The highest BCUT2D eigenvalue weighted by molar-refractivity contribution is 14.1. The van der Waals surface area contributed by atoms with Gasteiger partial charge in [0.25, 0.3) is 0 Å². The van der Waals surface area contributed by atoms with E-state index in [1.54, 1.807) is 4.08 Å². The van der Waals surface area contributed by atoms with Crippen LogP contribution in [-0.2, 0) is 0 Å². The van der Waals surface area contributed by atoms with Gasteiger partial charge in [-0.3, -0.25) is 0 Å². The van der Waals surface area contributed by atoms with E-state index in [9.17, 15) is 17.3 Å². The zero-order chi connectivity index (χ0) is 7.21. The van der Waals surface area contributed by atoms with Crippen LogP contribution in [0.1, 0.15) is 0 Å². The van der Waals surface area contributed by atoms with Gasteiger partial charge in [-0.15, -0.1) is 0 Å². The van der Waals surface area contributed by atoms with Crippen LogP contribution in [0.5, 0.6) is 0 Å². The molecule has 0 unspecified atom stereocenters. The van der Waals surface area contributed by atoms with E-state index in [4.69, 9.17) is 0 Å². The molecule has 0 atom stereocenters. The molecule has 0 aliphatic heterocycles. The van der Waals surface area contributed by atoms with Gasteiger partial charge in [-0.25, -0.2) is 0 Å².